The zero-order valence-corrected chi connectivity index (χ0v) is 9.99. The molecule has 0 saturated carbocycles. The van der Waals surface area contributed by atoms with Crippen LogP contribution in [0.3, 0.4) is 0 Å². The van der Waals surface area contributed by atoms with Gasteiger partial charge in [-0.15, -0.1) is 11.8 Å². The lowest BCUT2D eigenvalue weighted by atomic mass is 10.2. The van der Waals surface area contributed by atoms with E-state index in [0.717, 1.165) is 12.2 Å². The Labute approximate surface area is 90.4 Å². The van der Waals surface area contributed by atoms with Crippen molar-refractivity contribution in [2.75, 3.05) is 5.75 Å². The van der Waals surface area contributed by atoms with Gasteiger partial charge in [0.05, 0.1) is 11.8 Å². The van der Waals surface area contributed by atoms with Gasteiger partial charge in [0.2, 0.25) is 5.91 Å². The van der Waals surface area contributed by atoms with Crippen LogP contribution in [0.2, 0.25) is 0 Å². The highest BCUT2D eigenvalue weighted by molar-refractivity contribution is 8.00. The van der Waals surface area contributed by atoms with Crippen molar-refractivity contribution in [2.24, 2.45) is 0 Å². The molecule has 1 rings (SSSR count). The molecule has 0 aromatic heterocycles. The van der Waals surface area contributed by atoms with Crippen molar-refractivity contribution in [1.29, 1.82) is 0 Å². The van der Waals surface area contributed by atoms with Crippen molar-refractivity contribution in [3.05, 3.63) is 0 Å². The summed E-state index contributed by atoms with van der Waals surface area (Å²) in [6, 6.07) is 0.840. The van der Waals surface area contributed by atoms with Crippen LogP contribution in [0.25, 0.3) is 0 Å². The van der Waals surface area contributed by atoms with Crippen molar-refractivity contribution < 1.29 is 4.79 Å². The van der Waals surface area contributed by atoms with Gasteiger partial charge in [-0.1, -0.05) is 6.92 Å². The predicted molar refractivity (Wildman–Crippen MR) is 61.4 cm³/mol. The number of rotatable bonds is 4. The molecule has 0 aromatic carbocycles. The van der Waals surface area contributed by atoms with E-state index >= 15 is 0 Å². The zero-order valence-electron chi connectivity index (χ0n) is 9.17. The molecule has 0 bridgehead atoms. The summed E-state index contributed by atoms with van der Waals surface area (Å²) in [4.78, 5) is 11.4. The maximum Gasteiger partial charge on any atom is 0.222 e. The Balaban J connectivity index is 2.22. The van der Waals surface area contributed by atoms with E-state index in [-0.39, 0.29) is 11.9 Å². The molecule has 1 aliphatic rings. The highest BCUT2D eigenvalue weighted by Crippen LogP contribution is 2.22. The predicted octanol–water partition coefficient (Wildman–Crippen LogP) is 1.34. The van der Waals surface area contributed by atoms with Gasteiger partial charge in [0.1, 0.15) is 0 Å². The minimum absolute atomic E-state index is 0.154. The summed E-state index contributed by atoms with van der Waals surface area (Å²) in [6.45, 7) is 6.15. The first-order valence-corrected chi connectivity index (χ1v) is 6.33. The monoisotopic (exact) mass is 216 g/mol. The van der Waals surface area contributed by atoms with Crippen LogP contribution in [0, 0.1) is 0 Å². The molecule has 1 fully saturated rings. The van der Waals surface area contributed by atoms with E-state index in [1.165, 1.54) is 0 Å². The van der Waals surface area contributed by atoms with Crippen LogP contribution in [0.4, 0.5) is 0 Å². The Kier molecular flexibility index (Phi) is 4.75. The normalized spacial score (nSPS) is 26.9. The third-order valence-corrected chi connectivity index (χ3v) is 3.53. The van der Waals surface area contributed by atoms with Crippen LogP contribution in [0.1, 0.15) is 33.6 Å². The molecule has 1 saturated heterocycles. The Morgan fingerprint density at radius 1 is 1.64 bits per heavy atom. The molecule has 0 spiro atoms. The molecule has 3 nitrogen and oxygen atoms in total. The number of hydrogen-bond donors (Lipinski definition) is 2. The van der Waals surface area contributed by atoms with Crippen molar-refractivity contribution in [3.8, 4) is 0 Å². The van der Waals surface area contributed by atoms with E-state index in [4.69, 9.17) is 0 Å². The lowest BCUT2D eigenvalue weighted by Crippen LogP contribution is -2.36. The van der Waals surface area contributed by atoms with Crippen LogP contribution in [-0.4, -0.2) is 29.1 Å². The number of nitrogens with one attached hydrogen (secondary N) is 2. The fraction of sp³-hybridized carbons (Fsp3) is 0.900. The third kappa shape index (κ3) is 3.88. The smallest absolute Gasteiger partial charge is 0.222 e. The standard InChI is InChI=1S/C10H20N2OS/c1-4-8-6-14-10(12-8)5-9(13)11-7(2)3/h7-8,10,12H,4-6H2,1-3H3,(H,11,13). The molecule has 4 heteroatoms. The topological polar surface area (TPSA) is 41.1 Å². The molecule has 2 atom stereocenters. The average molecular weight is 216 g/mol. The summed E-state index contributed by atoms with van der Waals surface area (Å²) in [5.74, 6) is 1.29. The summed E-state index contributed by atoms with van der Waals surface area (Å²) < 4.78 is 0. The second-order valence-electron chi connectivity index (χ2n) is 4.02. The minimum atomic E-state index is 0.154. The van der Waals surface area contributed by atoms with E-state index < -0.39 is 0 Å². The Bertz CT molecular complexity index is 197. The van der Waals surface area contributed by atoms with Gasteiger partial charge in [-0.05, 0) is 20.3 Å². The number of thioether (sulfide) groups is 1. The van der Waals surface area contributed by atoms with Crippen LogP contribution >= 0.6 is 11.8 Å². The molecule has 0 aliphatic carbocycles. The molecule has 2 unspecified atom stereocenters. The van der Waals surface area contributed by atoms with Gasteiger partial charge in [0.15, 0.2) is 0 Å². The first-order valence-electron chi connectivity index (χ1n) is 5.28. The summed E-state index contributed by atoms with van der Waals surface area (Å²) in [5, 5.41) is 6.68. The Morgan fingerprint density at radius 3 is 2.86 bits per heavy atom. The van der Waals surface area contributed by atoms with E-state index in [2.05, 4.69) is 17.6 Å². The highest BCUT2D eigenvalue weighted by Gasteiger charge is 2.24. The van der Waals surface area contributed by atoms with Crippen LogP contribution < -0.4 is 10.6 Å². The van der Waals surface area contributed by atoms with Gasteiger partial charge in [0.25, 0.3) is 0 Å². The summed E-state index contributed by atoms with van der Waals surface area (Å²) in [5.41, 5.74) is 0. The van der Waals surface area contributed by atoms with Gasteiger partial charge in [0, 0.05) is 17.8 Å². The molecule has 0 radical (unpaired) electrons. The van der Waals surface area contributed by atoms with Gasteiger partial charge < -0.3 is 10.6 Å². The second kappa shape index (κ2) is 5.61. The second-order valence-corrected chi connectivity index (χ2v) is 5.26. The van der Waals surface area contributed by atoms with Gasteiger partial charge in [-0.3, -0.25) is 4.79 Å². The fourth-order valence-corrected chi connectivity index (χ4v) is 2.85. The van der Waals surface area contributed by atoms with E-state index in [9.17, 15) is 4.79 Å². The largest absolute Gasteiger partial charge is 0.354 e. The lowest BCUT2D eigenvalue weighted by molar-refractivity contribution is -0.121. The van der Waals surface area contributed by atoms with Crippen LogP contribution in [0.15, 0.2) is 0 Å². The molecule has 1 aliphatic heterocycles. The molecule has 82 valence electrons. The van der Waals surface area contributed by atoms with Gasteiger partial charge in [-0.2, -0.15) is 0 Å². The first-order chi connectivity index (χ1) is 6.61. The number of carbonyl (C=O) groups is 1. The Morgan fingerprint density at radius 2 is 2.36 bits per heavy atom. The number of carbonyl (C=O) groups excluding carboxylic acids is 1. The molecule has 0 aromatic rings. The first kappa shape index (κ1) is 11.9. The van der Waals surface area contributed by atoms with E-state index in [0.29, 0.717) is 17.8 Å². The number of hydrogen-bond acceptors (Lipinski definition) is 3. The molecule has 1 amide bonds. The quantitative estimate of drug-likeness (QED) is 0.745. The number of amides is 1. The fourth-order valence-electron chi connectivity index (χ4n) is 1.49. The van der Waals surface area contributed by atoms with Crippen molar-refractivity contribution in [1.82, 2.24) is 10.6 Å². The summed E-state index contributed by atoms with van der Waals surface area (Å²) >= 11 is 1.86. The summed E-state index contributed by atoms with van der Waals surface area (Å²) in [6.07, 6.45) is 1.74. The third-order valence-electron chi connectivity index (χ3n) is 2.23. The summed E-state index contributed by atoms with van der Waals surface area (Å²) in [7, 11) is 0. The molecular weight excluding hydrogens is 196 g/mol. The maximum atomic E-state index is 11.4. The van der Waals surface area contributed by atoms with Crippen molar-refractivity contribution in [3.63, 3.8) is 0 Å². The minimum Gasteiger partial charge on any atom is -0.354 e. The lowest BCUT2D eigenvalue weighted by Gasteiger charge is -2.13. The van der Waals surface area contributed by atoms with E-state index in [1.54, 1.807) is 0 Å². The Hall–Kier alpha value is -0.220. The molecule has 14 heavy (non-hydrogen) atoms. The maximum absolute atomic E-state index is 11.4. The zero-order chi connectivity index (χ0) is 10.6. The van der Waals surface area contributed by atoms with Crippen LogP contribution in [-0.2, 0) is 4.79 Å². The van der Waals surface area contributed by atoms with E-state index in [1.807, 2.05) is 25.6 Å². The molecular formula is C10H20N2OS. The SMILES string of the molecule is CCC1CSC(CC(=O)NC(C)C)N1. The molecule has 1 heterocycles. The van der Waals surface area contributed by atoms with Crippen LogP contribution in [0.5, 0.6) is 0 Å². The van der Waals surface area contributed by atoms with Gasteiger partial charge in [-0.25, -0.2) is 0 Å². The van der Waals surface area contributed by atoms with Gasteiger partial charge >= 0.3 is 0 Å². The average Bonchev–Trinajstić information content (AvgIpc) is 2.50. The van der Waals surface area contributed by atoms with Crippen molar-refractivity contribution >= 4 is 17.7 Å². The molecule has 2 N–H and O–H groups in total. The highest BCUT2D eigenvalue weighted by atomic mass is 32.2. The van der Waals surface area contributed by atoms with Crippen molar-refractivity contribution in [2.45, 2.75) is 51.1 Å².